The van der Waals surface area contributed by atoms with Crippen molar-refractivity contribution in [1.29, 1.82) is 0 Å². The maximum atomic E-state index is 11.2. The van der Waals surface area contributed by atoms with Gasteiger partial charge in [-0.25, -0.2) is 4.68 Å². The average Bonchev–Trinajstić information content (AvgIpc) is 2.89. The van der Waals surface area contributed by atoms with Gasteiger partial charge < -0.3 is 5.32 Å². The lowest BCUT2D eigenvalue weighted by Gasteiger charge is -2.12. The quantitative estimate of drug-likeness (QED) is 0.645. The molecule has 1 saturated carbocycles. The summed E-state index contributed by atoms with van der Waals surface area (Å²) in [5.41, 5.74) is 0.747. The highest BCUT2D eigenvalue weighted by atomic mass is 16.6. The Balaban J connectivity index is 2.28. The van der Waals surface area contributed by atoms with E-state index in [1.54, 1.807) is 11.7 Å². The SMILES string of the molecule is CCCc1nn(C)c(NC2CCCC2)c1[N+](=O)[O-]. The maximum absolute atomic E-state index is 11.2. The van der Waals surface area contributed by atoms with Crippen molar-refractivity contribution in [2.24, 2.45) is 7.05 Å². The highest BCUT2D eigenvalue weighted by Crippen LogP contribution is 2.31. The number of rotatable bonds is 5. The van der Waals surface area contributed by atoms with E-state index < -0.39 is 0 Å². The smallest absolute Gasteiger partial charge is 0.333 e. The Morgan fingerprint density at radius 3 is 2.72 bits per heavy atom. The van der Waals surface area contributed by atoms with Crippen LogP contribution in [0.2, 0.25) is 0 Å². The number of hydrogen-bond donors (Lipinski definition) is 1. The molecule has 1 heterocycles. The molecule has 0 aromatic carbocycles. The summed E-state index contributed by atoms with van der Waals surface area (Å²) in [7, 11) is 1.77. The summed E-state index contributed by atoms with van der Waals surface area (Å²) in [6.45, 7) is 2.00. The Kier molecular flexibility index (Phi) is 3.84. The van der Waals surface area contributed by atoms with Gasteiger partial charge in [-0.1, -0.05) is 26.2 Å². The molecule has 0 radical (unpaired) electrons. The van der Waals surface area contributed by atoms with Gasteiger partial charge in [-0.05, 0) is 19.3 Å². The molecule has 0 amide bonds. The molecule has 6 nitrogen and oxygen atoms in total. The van der Waals surface area contributed by atoms with Crippen LogP contribution in [-0.2, 0) is 13.5 Å². The molecule has 2 rings (SSSR count). The van der Waals surface area contributed by atoms with E-state index in [0.29, 0.717) is 24.0 Å². The van der Waals surface area contributed by atoms with Gasteiger partial charge in [0.25, 0.3) is 0 Å². The maximum Gasteiger partial charge on any atom is 0.333 e. The van der Waals surface area contributed by atoms with Gasteiger partial charge in [0.15, 0.2) is 0 Å². The Morgan fingerprint density at radius 1 is 1.50 bits per heavy atom. The Bertz CT molecular complexity index is 436. The van der Waals surface area contributed by atoms with Crippen LogP contribution in [0.25, 0.3) is 0 Å². The van der Waals surface area contributed by atoms with Crippen molar-refractivity contribution >= 4 is 11.5 Å². The van der Waals surface area contributed by atoms with E-state index >= 15 is 0 Å². The van der Waals surface area contributed by atoms with Crippen LogP contribution in [0.4, 0.5) is 11.5 Å². The van der Waals surface area contributed by atoms with Crippen LogP contribution in [0, 0.1) is 10.1 Å². The van der Waals surface area contributed by atoms with Gasteiger partial charge in [0.2, 0.25) is 5.82 Å². The van der Waals surface area contributed by atoms with Crippen molar-refractivity contribution in [1.82, 2.24) is 9.78 Å². The van der Waals surface area contributed by atoms with E-state index in [4.69, 9.17) is 0 Å². The fraction of sp³-hybridized carbons (Fsp3) is 0.750. The largest absolute Gasteiger partial charge is 0.362 e. The third kappa shape index (κ3) is 2.47. The van der Waals surface area contributed by atoms with Gasteiger partial charge in [0.1, 0.15) is 5.69 Å². The monoisotopic (exact) mass is 252 g/mol. The normalized spacial score (nSPS) is 16.1. The van der Waals surface area contributed by atoms with Crippen molar-refractivity contribution in [3.05, 3.63) is 15.8 Å². The summed E-state index contributed by atoms with van der Waals surface area (Å²) in [5.74, 6) is 0.565. The number of anilines is 1. The zero-order valence-corrected chi connectivity index (χ0v) is 11.0. The number of aromatic nitrogens is 2. The average molecular weight is 252 g/mol. The Labute approximate surface area is 107 Å². The predicted octanol–water partition coefficient (Wildman–Crippen LogP) is 2.64. The van der Waals surface area contributed by atoms with Crippen LogP contribution >= 0.6 is 0 Å². The van der Waals surface area contributed by atoms with Crippen LogP contribution in [0.15, 0.2) is 0 Å². The lowest BCUT2D eigenvalue weighted by molar-refractivity contribution is -0.384. The first-order valence-electron chi connectivity index (χ1n) is 6.60. The number of nitrogens with one attached hydrogen (secondary N) is 1. The summed E-state index contributed by atoms with van der Waals surface area (Å²) in [4.78, 5) is 10.9. The predicted molar refractivity (Wildman–Crippen MR) is 69.7 cm³/mol. The summed E-state index contributed by atoms with van der Waals surface area (Å²) >= 11 is 0. The molecule has 1 fully saturated rings. The third-order valence-corrected chi connectivity index (χ3v) is 3.46. The second kappa shape index (κ2) is 5.37. The van der Waals surface area contributed by atoms with Crippen molar-refractivity contribution in [3.8, 4) is 0 Å². The number of nitrogens with zero attached hydrogens (tertiary/aromatic N) is 3. The molecule has 0 spiro atoms. The fourth-order valence-electron chi connectivity index (χ4n) is 2.59. The molecule has 1 aromatic rings. The van der Waals surface area contributed by atoms with E-state index in [2.05, 4.69) is 10.4 Å². The first-order chi connectivity index (χ1) is 8.63. The van der Waals surface area contributed by atoms with Gasteiger partial charge in [-0.3, -0.25) is 10.1 Å². The van der Waals surface area contributed by atoms with Crippen LogP contribution < -0.4 is 5.32 Å². The van der Waals surface area contributed by atoms with Crippen LogP contribution in [0.1, 0.15) is 44.7 Å². The highest BCUT2D eigenvalue weighted by Gasteiger charge is 2.28. The van der Waals surface area contributed by atoms with E-state index in [9.17, 15) is 10.1 Å². The molecule has 100 valence electrons. The zero-order valence-electron chi connectivity index (χ0n) is 11.0. The minimum absolute atomic E-state index is 0.159. The topological polar surface area (TPSA) is 73.0 Å². The van der Waals surface area contributed by atoms with Crippen molar-refractivity contribution in [2.45, 2.75) is 51.5 Å². The van der Waals surface area contributed by atoms with E-state index in [1.165, 1.54) is 12.8 Å². The minimum Gasteiger partial charge on any atom is -0.362 e. The molecule has 0 bridgehead atoms. The van der Waals surface area contributed by atoms with Crippen molar-refractivity contribution < 1.29 is 4.92 Å². The highest BCUT2D eigenvalue weighted by molar-refractivity contribution is 5.60. The summed E-state index contributed by atoms with van der Waals surface area (Å²) in [6.07, 6.45) is 6.09. The summed E-state index contributed by atoms with van der Waals surface area (Å²) < 4.78 is 1.61. The standard InChI is InChI=1S/C12H20N4O2/c1-3-6-10-11(16(17)18)12(15(2)14-10)13-9-7-4-5-8-9/h9,13H,3-8H2,1-2H3. The van der Waals surface area contributed by atoms with Gasteiger partial charge >= 0.3 is 5.69 Å². The molecule has 1 aliphatic rings. The van der Waals surface area contributed by atoms with Crippen LogP contribution in [0.3, 0.4) is 0 Å². The second-order valence-corrected chi connectivity index (χ2v) is 4.90. The fourth-order valence-corrected chi connectivity index (χ4v) is 2.59. The Hall–Kier alpha value is -1.59. The van der Waals surface area contributed by atoms with E-state index in [-0.39, 0.29) is 10.6 Å². The Morgan fingerprint density at radius 2 is 2.17 bits per heavy atom. The zero-order chi connectivity index (χ0) is 13.1. The molecule has 1 aromatic heterocycles. The molecule has 6 heteroatoms. The lowest BCUT2D eigenvalue weighted by atomic mass is 10.2. The van der Waals surface area contributed by atoms with Gasteiger partial charge in [-0.2, -0.15) is 5.10 Å². The molecular formula is C12H20N4O2. The van der Waals surface area contributed by atoms with Gasteiger partial charge in [0, 0.05) is 13.1 Å². The second-order valence-electron chi connectivity index (χ2n) is 4.90. The molecule has 18 heavy (non-hydrogen) atoms. The van der Waals surface area contributed by atoms with Crippen molar-refractivity contribution in [3.63, 3.8) is 0 Å². The molecule has 0 unspecified atom stereocenters. The molecular weight excluding hydrogens is 232 g/mol. The van der Waals surface area contributed by atoms with E-state index in [1.807, 2.05) is 6.92 Å². The molecule has 0 atom stereocenters. The summed E-state index contributed by atoms with van der Waals surface area (Å²) in [5, 5.41) is 18.8. The van der Waals surface area contributed by atoms with Crippen molar-refractivity contribution in [2.75, 3.05) is 5.32 Å². The van der Waals surface area contributed by atoms with Crippen LogP contribution in [0.5, 0.6) is 0 Å². The van der Waals surface area contributed by atoms with Gasteiger partial charge in [0.05, 0.1) is 4.92 Å². The number of aryl methyl sites for hydroxylation is 2. The first kappa shape index (κ1) is 12.9. The number of nitro groups is 1. The first-order valence-corrected chi connectivity index (χ1v) is 6.60. The minimum atomic E-state index is -0.310. The van der Waals surface area contributed by atoms with E-state index in [0.717, 1.165) is 19.3 Å². The lowest BCUT2D eigenvalue weighted by Crippen LogP contribution is -2.17. The molecule has 1 aliphatic carbocycles. The van der Waals surface area contributed by atoms with Gasteiger partial charge in [-0.15, -0.1) is 0 Å². The molecule has 0 saturated heterocycles. The van der Waals surface area contributed by atoms with Crippen LogP contribution in [-0.4, -0.2) is 20.7 Å². The third-order valence-electron chi connectivity index (χ3n) is 3.46. The molecule has 0 aliphatic heterocycles. The molecule has 1 N–H and O–H groups in total. The summed E-state index contributed by atoms with van der Waals surface area (Å²) in [6, 6.07) is 0.355. The number of hydrogen-bond acceptors (Lipinski definition) is 4.